The van der Waals surface area contributed by atoms with Crippen LogP contribution in [-0.4, -0.2) is 11.7 Å². The second-order valence-electron chi connectivity index (χ2n) is 2.14. The molecule has 0 radical (unpaired) electrons. The third-order valence-electron chi connectivity index (χ3n) is 1.29. The summed E-state index contributed by atoms with van der Waals surface area (Å²) >= 11 is 5.67. The maximum Gasteiger partial charge on any atom is 0.0615 e. The van der Waals surface area contributed by atoms with E-state index in [2.05, 4.69) is 0 Å². The molecule has 58 valence electrons. The first-order chi connectivity index (χ1) is 5.33. The minimum atomic E-state index is 0.0721. The van der Waals surface area contributed by atoms with Crippen molar-refractivity contribution in [2.24, 2.45) is 0 Å². The van der Waals surface area contributed by atoms with Crippen molar-refractivity contribution < 1.29 is 5.11 Å². The van der Waals surface area contributed by atoms with Crippen LogP contribution >= 0.6 is 11.6 Å². The predicted octanol–water partition coefficient (Wildman–Crippen LogP) is 2.35. The second kappa shape index (κ2) is 4.16. The van der Waals surface area contributed by atoms with E-state index < -0.39 is 0 Å². The van der Waals surface area contributed by atoms with Crippen molar-refractivity contribution in [3.63, 3.8) is 0 Å². The minimum Gasteiger partial charge on any atom is -0.392 e. The first kappa shape index (κ1) is 8.31. The molecule has 0 spiro atoms. The van der Waals surface area contributed by atoms with Gasteiger partial charge < -0.3 is 5.11 Å². The molecule has 1 aromatic rings. The van der Waals surface area contributed by atoms with Crippen LogP contribution < -0.4 is 0 Å². The molecular formula is C9H9ClO. The van der Waals surface area contributed by atoms with E-state index in [0.29, 0.717) is 0 Å². The number of aliphatic hydroxyl groups excluding tert-OH is 1. The van der Waals surface area contributed by atoms with Crippen LogP contribution in [0.4, 0.5) is 0 Å². The molecule has 1 rings (SSSR count). The van der Waals surface area contributed by atoms with Crippen LogP contribution in [0.1, 0.15) is 5.56 Å². The van der Waals surface area contributed by atoms with Gasteiger partial charge in [-0.1, -0.05) is 35.9 Å². The lowest BCUT2D eigenvalue weighted by atomic mass is 10.2. The molecule has 1 nitrogen and oxygen atoms in total. The van der Waals surface area contributed by atoms with Gasteiger partial charge in [0.2, 0.25) is 0 Å². The average molecular weight is 169 g/mol. The molecule has 0 saturated carbocycles. The van der Waals surface area contributed by atoms with Gasteiger partial charge in [-0.25, -0.2) is 0 Å². The van der Waals surface area contributed by atoms with Gasteiger partial charge >= 0.3 is 0 Å². The highest BCUT2D eigenvalue weighted by molar-refractivity contribution is 6.30. The fraction of sp³-hybridized carbons (Fsp3) is 0.111. The van der Waals surface area contributed by atoms with Gasteiger partial charge in [0.05, 0.1) is 6.61 Å². The minimum absolute atomic E-state index is 0.0721. The maximum absolute atomic E-state index is 8.47. The lowest BCUT2D eigenvalue weighted by Crippen LogP contribution is -1.73. The zero-order valence-electron chi connectivity index (χ0n) is 6.00. The van der Waals surface area contributed by atoms with Crippen LogP contribution in [0.5, 0.6) is 0 Å². The smallest absolute Gasteiger partial charge is 0.0615 e. The van der Waals surface area contributed by atoms with Gasteiger partial charge in [0.1, 0.15) is 0 Å². The van der Waals surface area contributed by atoms with Crippen molar-refractivity contribution in [1.29, 1.82) is 0 Å². The Morgan fingerprint density at radius 2 is 1.91 bits per heavy atom. The largest absolute Gasteiger partial charge is 0.392 e. The molecule has 0 aliphatic carbocycles. The Morgan fingerprint density at radius 3 is 2.45 bits per heavy atom. The summed E-state index contributed by atoms with van der Waals surface area (Å²) in [6.07, 6.45) is 3.53. The molecule has 0 heterocycles. The number of benzene rings is 1. The van der Waals surface area contributed by atoms with Gasteiger partial charge in [-0.15, -0.1) is 0 Å². The number of hydrogen-bond acceptors (Lipinski definition) is 1. The van der Waals surface area contributed by atoms with Gasteiger partial charge in [-0.05, 0) is 17.7 Å². The van der Waals surface area contributed by atoms with Crippen LogP contribution in [0.15, 0.2) is 30.3 Å². The standard InChI is InChI=1S/C9H9ClO/c10-9-5-3-8(4-6-9)2-1-7-11/h1-6,11H,7H2. The molecule has 0 saturated heterocycles. The van der Waals surface area contributed by atoms with E-state index in [9.17, 15) is 0 Å². The number of rotatable bonds is 2. The third-order valence-corrected chi connectivity index (χ3v) is 1.54. The van der Waals surface area contributed by atoms with Gasteiger partial charge in [-0.3, -0.25) is 0 Å². The number of aliphatic hydroxyl groups is 1. The highest BCUT2D eigenvalue weighted by Gasteiger charge is 1.85. The SMILES string of the molecule is OCC=Cc1ccc(Cl)cc1. The number of hydrogen-bond donors (Lipinski definition) is 1. The summed E-state index contributed by atoms with van der Waals surface area (Å²) in [4.78, 5) is 0. The molecule has 0 aromatic heterocycles. The molecule has 0 unspecified atom stereocenters. The van der Waals surface area contributed by atoms with Gasteiger partial charge in [0.25, 0.3) is 0 Å². The van der Waals surface area contributed by atoms with Crippen molar-refractivity contribution in [3.05, 3.63) is 40.9 Å². The van der Waals surface area contributed by atoms with Crippen LogP contribution in [-0.2, 0) is 0 Å². The third kappa shape index (κ3) is 2.74. The second-order valence-corrected chi connectivity index (χ2v) is 2.57. The van der Waals surface area contributed by atoms with E-state index in [0.717, 1.165) is 10.6 Å². The van der Waals surface area contributed by atoms with E-state index in [1.165, 1.54) is 0 Å². The Labute approximate surface area is 70.9 Å². The Hall–Kier alpha value is -0.790. The van der Waals surface area contributed by atoms with E-state index in [1.807, 2.05) is 30.3 Å². The lowest BCUT2D eigenvalue weighted by Gasteiger charge is -1.91. The zero-order chi connectivity index (χ0) is 8.10. The molecule has 0 bridgehead atoms. The average Bonchev–Trinajstić information content (AvgIpc) is 2.04. The lowest BCUT2D eigenvalue weighted by molar-refractivity contribution is 0.343. The van der Waals surface area contributed by atoms with Crippen molar-refractivity contribution >= 4 is 17.7 Å². The van der Waals surface area contributed by atoms with Crippen LogP contribution in [0.25, 0.3) is 6.08 Å². The predicted molar refractivity (Wildman–Crippen MR) is 47.6 cm³/mol. The first-order valence-electron chi connectivity index (χ1n) is 3.36. The van der Waals surface area contributed by atoms with Crippen LogP contribution in [0, 0.1) is 0 Å². The molecule has 0 aliphatic heterocycles. The Morgan fingerprint density at radius 1 is 1.27 bits per heavy atom. The van der Waals surface area contributed by atoms with Gasteiger partial charge in [0.15, 0.2) is 0 Å². The molecule has 0 atom stereocenters. The normalized spacial score (nSPS) is 10.7. The Bertz CT molecular complexity index is 238. The monoisotopic (exact) mass is 168 g/mol. The van der Waals surface area contributed by atoms with Crippen LogP contribution in [0.3, 0.4) is 0 Å². The topological polar surface area (TPSA) is 20.2 Å². The van der Waals surface area contributed by atoms with E-state index >= 15 is 0 Å². The maximum atomic E-state index is 8.47. The van der Waals surface area contributed by atoms with E-state index in [-0.39, 0.29) is 6.61 Å². The molecular weight excluding hydrogens is 160 g/mol. The summed E-state index contributed by atoms with van der Waals surface area (Å²) in [5.41, 5.74) is 1.04. The van der Waals surface area contributed by atoms with Crippen molar-refractivity contribution in [2.45, 2.75) is 0 Å². The summed E-state index contributed by atoms with van der Waals surface area (Å²) in [5, 5.41) is 9.20. The van der Waals surface area contributed by atoms with E-state index in [4.69, 9.17) is 16.7 Å². The van der Waals surface area contributed by atoms with Gasteiger partial charge in [-0.2, -0.15) is 0 Å². The Kier molecular flexibility index (Phi) is 3.14. The summed E-state index contributed by atoms with van der Waals surface area (Å²) in [6, 6.07) is 7.43. The molecule has 11 heavy (non-hydrogen) atoms. The van der Waals surface area contributed by atoms with E-state index in [1.54, 1.807) is 6.08 Å². The summed E-state index contributed by atoms with van der Waals surface area (Å²) < 4.78 is 0. The van der Waals surface area contributed by atoms with Gasteiger partial charge in [0, 0.05) is 5.02 Å². The molecule has 0 amide bonds. The number of halogens is 1. The molecule has 1 N–H and O–H groups in total. The molecule has 0 fully saturated rings. The van der Waals surface area contributed by atoms with Crippen molar-refractivity contribution in [3.8, 4) is 0 Å². The van der Waals surface area contributed by atoms with Crippen molar-refractivity contribution in [1.82, 2.24) is 0 Å². The summed E-state index contributed by atoms with van der Waals surface area (Å²) in [7, 11) is 0. The highest BCUT2D eigenvalue weighted by Crippen LogP contribution is 2.10. The van der Waals surface area contributed by atoms with Crippen molar-refractivity contribution in [2.75, 3.05) is 6.61 Å². The zero-order valence-corrected chi connectivity index (χ0v) is 6.75. The highest BCUT2D eigenvalue weighted by atomic mass is 35.5. The first-order valence-corrected chi connectivity index (χ1v) is 3.73. The fourth-order valence-corrected chi connectivity index (χ4v) is 0.889. The quantitative estimate of drug-likeness (QED) is 0.719. The fourth-order valence-electron chi connectivity index (χ4n) is 0.763. The Balaban J connectivity index is 2.73. The molecule has 0 aliphatic rings. The summed E-state index contributed by atoms with van der Waals surface area (Å²) in [6.45, 7) is 0.0721. The molecule has 2 heteroatoms. The summed E-state index contributed by atoms with van der Waals surface area (Å²) in [5.74, 6) is 0. The van der Waals surface area contributed by atoms with Crippen LogP contribution in [0.2, 0.25) is 5.02 Å². The molecule has 1 aromatic carbocycles.